The second-order valence-electron chi connectivity index (χ2n) is 5.56. The van der Waals surface area contributed by atoms with E-state index in [1.807, 2.05) is 13.8 Å². The van der Waals surface area contributed by atoms with E-state index in [2.05, 4.69) is 10.3 Å². The van der Waals surface area contributed by atoms with Crippen molar-refractivity contribution in [3.05, 3.63) is 59.3 Å². The monoisotopic (exact) mass is 328 g/mol. The highest BCUT2D eigenvalue weighted by atomic mass is 16.5. The van der Waals surface area contributed by atoms with Gasteiger partial charge in [-0.3, -0.25) is 4.79 Å². The Morgan fingerprint density at radius 3 is 2.33 bits per heavy atom. The largest absolute Gasteiger partial charge is 0.478 e. The van der Waals surface area contributed by atoms with Crippen molar-refractivity contribution in [1.82, 2.24) is 10.3 Å². The standard InChI is InChI=1S/C18H20N2O4/c1-12(2)24-16-8-7-15(11-20-16)17(21)19-10-9-13-3-5-14(6-4-13)18(22)23/h3-8,11-12H,9-10H2,1-2H3,(H,19,21)(H,22,23). The molecule has 24 heavy (non-hydrogen) atoms. The zero-order valence-corrected chi connectivity index (χ0v) is 13.7. The van der Waals surface area contributed by atoms with Crippen LogP contribution >= 0.6 is 0 Å². The van der Waals surface area contributed by atoms with Crippen LogP contribution < -0.4 is 10.1 Å². The van der Waals surface area contributed by atoms with Crippen molar-refractivity contribution >= 4 is 11.9 Å². The molecule has 0 aliphatic carbocycles. The van der Waals surface area contributed by atoms with Crippen molar-refractivity contribution in [2.24, 2.45) is 0 Å². The van der Waals surface area contributed by atoms with E-state index in [0.717, 1.165) is 5.56 Å². The molecule has 2 aromatic rings. The van der Waals surface area contributed by atoms with Gasteiger partial charge in [-0.05, 0) is 44.0 Å². The molecule has 1 amide bonds. The Bertz CT molecular complexity index is 694. The van der Waals surface area contributed by atoms with Crippen LogP contribution in [-0.2, 0) is 6.42 Å². The van der Waals surface area contributed by atoms with Gasteiger partial charge < -0.3 is 15.2 Å². The van der Waals surface area contributed by atoms with Crippen molar-refractivity contribution in [3.63, 3.8) is 0 Å². The van der Waals surface area contributed by atoms with Crippen molar-refractivity contribution < 1.29 is 19.4 Å². The van der Waals surface area contributed by atoms with E-state index in [9.17, 15) is 9.59 Å². The molecular weight excluding hydrogens is 308 g/mol. The number of carboxylic acids is 1. The van der Waals surface area contributed by atoms with Crippen LogP contribution in [-0.4, -0.2) is 34.6 Å². The average Bonchev–Trinajstić information content (AvgIpc) is 2.55. The van der Waals surface area contributed by atoms with Gasteiger partial charge in [-0.25, -0.2) is 9.78 Å². The minimum atomic E-state index is -0.952. The number of amides is 1. The summed E-state index contributed by atoms with van der Waals surface area (Å²) in [5.41, 5.74) is 1.67. The number of benzene rings is 1. The van der Waals surface area contributed by atoms with Crippen molar-refractivity contribution in [2.45, 2.75) is 26.4 Å². The number of hydrogen-bond donors (Lipinski definition) is 2. The van der Waals surface area contributed by atoms with Gasteiger partial charge in [0.15, 0.2) is 0 Å². The van der Waals surface area contributed by atoms with Gasteiger partial charge in [0, 0.05) is 18.8 Å². The molecule has 0 aliphatic heterocycles. The summed E-state index contributed by atoms with van der Waals surface area (Å²) in [4.78, 5) is 26.9. The normalized spacial score (nSPS) is 10.5. The summed E-state index contributed by atoms with van der Waals surface area (Å²) >= 11 is 0. The molecule has 1 aromatic heterocycles. The lowest BCUT2D eigenvalue weighted by Gasteiger charge is -2.09. The highest BCUT2D eigenvalue weighted by molar-refractivity contribution is 5.93. The Morgan fingerprint density at radius 2 is 1.79 bits per heavy atom. The molecule has 0 spiro atoms. The number of carbonyl (C=O) groups is 2. The second kappa shape index (κ2) is 8.10. The molecule has 2 N–H and O–H groups in total. The maximum absolute atomic E-state index is 12.0. The fourth-order valence-electron chi connectivity index (χ4n) is 2.06. The zero-order valence-electron chi connectivity index (χ0n) is 13.7. The molecule has 0 radical (unpaired) electrons. The first-order chi connectivity index (χ1) is 11.5. The first-order valence-electron chi connectivity index (χ1n) is 7.69. The fourth-order valence-corrected chi connectivity index (χ4v) is 2.06. The van der Waals surface area contributed by atoms with Gasteiger partial charge in [0.05, 0.1) is 17.2 Å². The van der Waals surface area contributed by atoms with Gasteiger partial charge in [0.25, 0.3) is 5.91 Å². The molecular formula is C18H20N2O4. The number of aromatic nitrogens is 1. The molecule has 0 saturated heterocycles. The second-order valence-corrected chi connectivity index (χ2v) is 5.56. The van der Waals surface area contributed by atoms with Gasteiger partial charge in [0.2, 0.25) is 5.88 Å². The summed E-state index contributed by atoms with van der Waals surface area (Å²) in [6, 6.07) is 9.93. The van der Waals surface area contributed by atoms with E-state index < -0.39 is 5.97 Å². The quantitative estimate of drug-likeness (QED) is 0.815. The molecule has 0 saturated carbocycles. The van der Waals surface area contributed by atoms with Crippen molar-refractivity contribution in [1.29, 1.82) is 0 Å². The number of hydrogen-bond acceptors (Lipinski definition) is 4. The predicted octanol–water partition coefficient (Wildman–Crippen LogP) is 2.54. The van der Waals surface area contributed by atoms with Crippen LogP contribution in [0.15, 0.2) is 42.6 Å². The van der Waals surface area contributed by atoms with Crippen molar-refractivity contribution in [3.8, 4) is 5.88 Å². The van der Waals surface area contributed by atoms with E-state index in [-0.39, 0.29) is 17.6 Å². The molecule has 0 aliphatic rings. The molecule has 1 heterocycles. The Kier molecular flexibility index (Phi) is 5.89. The number of nitrogens with zero attached hydrogens (tertiary/aromatic N) is 1. The lowest BCUT2D eigenvalue weighted by atomic mass is 10.1. The van der Waals surface area contributed by atoms with Crippen LogP contribution in [0.5, 0.6) is 5.88 Å². The summed E-state index contributed by atoms with van der Waals surface area (Å²) in [6.45, 7) is 4.27. The maximum Gasteiger partial charge on any atom is 0.335 e. The Morgan fingerprint density at radius 1 is 1.12 bits per heavy atom. The SMILES string of the molecule is CC(C)Oc1ccc(C(=O)NCCc2ccc(C(=O)O)cc2)cn1. The third-order valence-corrected chi connectivity index (χ3v) is 3.26. The van der Waals surface area contributed by atoms with Crippen molar-refractivity contribution in [2.75, 3.05) is 6.54 Å². The molecule has 0 atom stereocenters. The summed E-state index contributed by atoms with van der Waals surface area (Å²) in [6.07, 6.45) is 2.13. The number of nitrogens with one attached hydrogen (secondary N) is 1. The third kappa shape index (κ3) is 5.08. The number of rotatable bonds is 7. The van der Waals surface area contributed by atoms with E-state index in [1.165, 1.54) is 6.20 Å². The molecule has 126 valence electrons. The zero-order chi connectivity index (χ0) is 17.5. The van der Waals surface area contributed by atoms with E-state index in [0.29, 0.717) is 24.4 Å². The number of pyridine rings is 1. The Labute approximate surface area is 140 Å². The summed E-state index contributed by atoms with van der Waals surface area (Å²) < 4.78 is 5.43. The molecule has 6 heteroatoms. The summed E-state index contributed by atoms with van der Waals surface area (Å²) in [5, 5.41) is 11.7. The maximum atomic E-state index is 12.0. The molecule has 6 nitrogen and oxygen atoms in total. The van der Waals surface area contributed by atoms with Gasteiger partial charge in [0.1, 0.15) is 0 Å². The van der Waals surface area contributed by atoms with Gasteiger partial charge in [-0.1, -0.05) is 12.1 Å². The number of ether oxygens (including phenoxy) is 1. The fraction of sp³-hybridized carbons (Fsp3) is 0.278. The van der Waals surface area contributed by atoms with Crippen LogP contribution in [0, 0.1) is 0 Å². The minimum Gasteiger partial charge on any atom is -0.478 e. The first-order valence-corrected chi connectivity index (χ1v) is 7.69. The number of carbonyl (C=O) groups excluding carboxylic acids is 1. The van der Waals surface area contributed by atoms with Crippen LogP contribution in [0.2, 0.25) is 0 Å². The first kappa shape index (κ1) is 17.5. The highest BCUT2D eigenvalue weighted by Gasteiger charge is 2.07. The topological polar surface area (TPSA) is 88.5 Å². The molecule has 0 unspecified atom stereocenters. The smallest absolute Gasteiger partial charge is 0.335 e. The Hall–Kier alpha value is -2.89. The number of aromatic carboxylic acids is 1. The summed E-state index contributed by atoms with van der Waals surface area (Å²) in [5.74, 6) is -0.673. The molecule has 1 aromatic carbocycles. The lowest BCUT2D eigenvalue weighted by molar-refractivity contribution is 0.0696. The van der Waals surface area contributed by atoms with Gasteiger partial charge >= 0.3 is 5.97 Å². The van der Waals surface area contributed by atoms with Crippen LogP contribution in [0.3, 0.4) is 0 Å². The molecule has 0 bridgehead atoms. The van der Waals surface area contributed by atoms with Crippen LogP contribution in [0.1, 0.15) is 40.1 Å². The van der Waals surface area contributed by atoms with Crippen LogP contribution in [0.25, 0.3) is 0 Å². The van der Waals surface area contributed by atoms with Crippen LogP contribution in [0.4, 0.5) is 0 Å². The van der Waals surface area contributed by atoms with Gasteiger partial charge in [-0.2, -0.15) is 0 Å². The lowest BCUT2D eigenvalue weighted by Crippen LogP contribution is -2.25. The highest BCUT2D eigenvalue weighted by Crippen LogP contribution is 2.09. The van der Waals surface area contributed by atoms with E-state index in [1.54, 1.807) is 36.4 Å². The number of carboxylic acid groups (broad SMARTS) is 1. The Balaban J connectivity index is 1.83. The van der Waals surface area contributed by atoms with Gasteiger partial charge in [-0.15, -0.1) is 0 Å². The molecule has 2 rings (SSSR count). The van der Waals surface area contributed by atoms with E-state index in [4.69, 9.17) is 9.84 Å². The minimum absolute atomic E-state index is 0.0321. The predicted molar refractivity (Wildman–Crippen MR) is 89.4 cm³/mol. The molecule has 0 fully saturated rings. The van der Waals surface area contributed by atoms with E-state index >= 15 is 0 Å². The average molecular weight is 328 g/mol. The third-order valence-electron chi connectivity index (χ3n) is 3.26. The summed E-state index contributed by atoms with van der Waals surface area (Å²) in [7, 11) is 0.